The molecule has 1 aliphatic heterocycles. The molecule has 0 unspecified atom stereocenters. The molecule has 1 heterocycles. The first-order valence-electron chi connectivity index (χ1n) is 8.35. The number of carbonyl (C=O) groups is 1. The first kappa shape index (κ1) is 18.2. The van der Waals surface area contributed by atoms with E-state index in [4.69, 9.17) is 0 Å². The molecule has 0 aliphatic carbocycles. The molecule has 1 saturated heterocycles. The first-order chi connectivity index (χ1) is 11.4. The van der Waals surface area contributed by atoms with E-state index < -0.39 is 11.0 Å². The smallest absolute Gasteiger partial charge is 0.292 e. The minimum absolute atomic E-state index is 0.0121. The number of nitro benzene ring substituents is 1. The molecule has 7 heteroatoms. The Morgan fingerprint density at radius 3 is 2.79 bits per heavy atom. The predicted octanol–water partition coefficient (Wildman–Crippen LogP) is 2.09. The number of rotatable bonds is 7. The Hall–Kier alpha value is -2.15. The highest BCUT2D eigenvalue weighted by Gasteiger charge is 2.34. The van der Waals surface area contributed by atoms with Crippen molar-refractivity contribution in [1.29, 1.82) is 0 Å². The molecular formula is C17H25N3O4. The summed E-state index contributed by atoms with van der Waals surface area (Å²) in [4.78, 5) is 25.3. The van der Waals surface area contributed by atoms with Gasteiger partial charge in [0.1, 0.15) is 11.7 Å². The van der Waals surface area contributed by atoms with Gasteiger partial charge in [-0.15, -0.1) is 0 Å². The van der Waals surface area contributed by atoms with E-state index in [1.165, 1.54) is 6.07 Å². The van der Waals surface area contributed by atoms with Crippen molar-refractivity contribution in [3.05, 3.63) is 34.4 Å². The van der Waals surface area contributed by atoms with E-state index in [9.17, 15) is 20.0 Å². The van der Waals surface area contributed by atoms with Crippen LogP contribution in [0.25, 0.3) is 0 Å². The van der Waals surface area contributed by atoms with Gasteiger partial charge in [-0.1, -0.05) is 26.0 Å². The summed E-state index contributed by atoms with van der Waals surface area (Å²) < 4.78 is 0. The summed E-state index contributed by atoms with van der Waals surface area (Å²) in [6, 6.07) is 5.78. The highest BCUT2D eigenvalue weighted by Crippen LogP contribution is 2.33. The maximum atomic E-state index is 12.6. The molecule has 0 radical (unpaired) electrons. The largest absolute Gasteiger partial charge is 0.394 e. The number of benzene rings is 1. The average molecular weight is 335 g/mol. The molecule has 1 amide bonds. The van der Waals surface area contributed by atoms with E-state index in [1.807, 2.05) is 13.8 Å². The highest BCUT2D eigenvalue weighted by molar-refractivity contribution is 5.87. The Morgan fingerprint density at radius 2 is 2.17 bits per heavy atom. The highest BCUT2D eigenvalue weighted by atomic mass is 16.6. The topological polar surface area (TPSA) is 95.7 Å². The molecule has 1 aromatic carbocycles. The van der Waals surface area contributed by atoms with E-state index in [2.05, 4.69) is 5.32 Å². The maximum absolute atomic E-state index is 12.6. The molecule has 1 fully saturated rings. The molecule has 1 aliphatic rings. The van der Waals surface area contributed by atoms with Gasteiger partial charge in [0, 0.05) is 12.6 Å². The number of hydrogen-bond acceptors (Lipinski definition) is 5. The van der Waals surface area contributed by atoms with E-state index in [1.54, 1.807) is 23.1 Å². The summed E-state index contributed by atoms with van der Waals surface area (Å²) in [6.07, 6.45) is 2.15. The zero-order valence-corrected chi connectivity index (χ0v) is 14.1. The Kier molecular flexibility index (Phi) is 6.14. The number of nitrogens with one attached hydrogen (secondary N) is 1. The number of aliphatic hydroxyl groups is 1. The van der Waals surface area contributed by atoms with Crippen molar-refractivity contribution in [2.75, 3.05) is 18.1 Å². The standard InChI is InChI=1S/C17H25N3O4/c1-12(2)10-13(11-21)18-17(22)16-8-5-9-19(16)14-6-3-4-7-15(14)20(23)24/h3-4,6-7,12-13,16,21H,5,8-11H2,1-2H3,(H,18,22)/t13-,16-/m0/s1. The minimum Gasteiger partial charge on any atom is -0.394 e. The minimum atomic E-state index is -0.438. The number of para-hydroxylation sites is 2. The summed E-state index contributed by atoms with van der Waals surface area (Å²) in [5.41, 5.74) is 0.489. The van der Waals surface area contributed by atoms with Gasteiger partial charge in [0.15, 0.2) is 0 Å². The summed E-state index contributed by atoms with van der Waals surface area (Å²) >= 11 is 0. The lowest BCUT2D eigenvalue weighted by Crippen LogP contribution is -2.48. The lowest BCUT2D eigenvalue weighted by molar-refractivity contribution is -0.384. The van der Waals surface area contributed by atoms with Gasteiger partial charge in [0.25, 0.3) is 5.69 Å². The first-order valence-corrected chi connectivity index (χ1v) is 8.35. The van der Waals surface area contributed by atoms with Crippen LogP contribution >= 0.6 is 0 Å². The van der Waals surface area contributed by atoms with Crippen LogP contribution in [0.5, 0.6) is 0 Å². The Morgan fingerprint density at radius 1 is 1.46 bits per heavy atom. The van der Waals surface area contributed by atoms with Crippen LogP contribution in [0.3, 0.4) is 0 Å². The van der Waals surface area contributed by atoms with Gasteiger partial charge in [-0.2, -0.15) is 0 Å². The quantitative estimate of drug-likeness (QED) is 0.587. The summed E-state index contributed by atoms with van der Waals surface area (Å²) in [5, 5.41) is 23.6. The molecule has 2 N–H and O–H groups in total. The fourth-order valence-electron chi connectivity index (χ4n) is 3.23. The van der Waals surface area contributed by atoms with Crippen molar-refractivity contribution in [1.82, 2.24) is 5.32 Å². The monoisotopic (exact) mass is 335 g/mol. The van der Waals surface area contributed by atoms with Crippen molar-refractivity contribution in [2.24, 2.45) is 5.92 Å². The summed E-state index contributed by atoms with van der Waals surface area (Å²) in [7, 11) is 0. The molecule has 0 bridgehead atoms. The van der Waals surface area contributed by atoms with Crippen LogP contribution in [0.4, 0.5) is 11.4 Å². The molecule has 0 aromatic heterocycles. The number of nitrogens with zero attached hydrogens (tertiary/aromatic N) is 2. The van der Waals surface area contributed by atoms with Crippen LogP contribution < -0.4 is 10.2 Å². The van der Waals surface area contributed by atoms with Crippen molar-refractivity contribution in [3.8, 4) is 0 Å². The molecule has 0 saturated carbocycles. The van der Waals surface area contributed by atoms with E-state index in [-0.39, 0.29) is 24.2 Å². The van der Waals surface area contributed by atoms with Gasteiger partial charge in [0.2, 0.25) is 5.91 Å². The zero-order valence-electron chi connectivity index (χ0n) is 14.1. The Bertz CT molecular complexity index is 591. The molecule has 7 nitrogen and oxygen atoms in total. The fourth-order valence-corrected chi connectivity index (χ4v) is 3.23. The molecule has 2 atom stereocenters. The van der Waals surface area contributed by atoms with Crippen molar-refractivity contribution < 1.29 is 14.8 Å². The van der Waals surface area contributed by atoms with Crippen molar-refractivity contribution in [3.63, 3.8) is 0 Å². The van der Waals surface area contributed by atoms with Crippen molar-refractivity contribution in [2.45, 2.75) is 45.2 Å². The van der Waals surface area contributed by atoms with E-state index >= 15 is 0 Å². The lowest BCUT2D eigenvalue weighted by Gasteiger charge is -2.27. The third kappa shape index (κ3) is 4.23. The lowest BCUT2D eigenvalue weighted by atomic mass is 10.0. The van der Waals surface area contributed by atoms with Crippen LogP contribution in [0.1, 0.15) is 33.1 Å². The normalized spacial score (nSPS) is 18.7. The average Bonchev–Trinajstić information content (AvgIpc) is 3.03. The second-order valence-electron chi connectivity index (χ2n) is 6.61. The number of amides is 1. The number of carbonyl (C=O) groups excluding carboxylic acids is 1. The van der Waals surface area contributed by atoms with Crippen LogP contribution in [0.15, 0.2) is 24.3 Å². The van der Waals surface area contributed by atoms with Gasteiger partial charge < -0.3 is 15.3 Å². The van der Waals surface area contributed by atoms with Crippen LogP contribution in [-0.2, 0) is 4.79 Å². The van der Waals surface area contributed by atoms with E-state index in [0.717, 1.165) is 6.42 Å². The fraction of sp³-hybridized carbons (Fsp3) is 0.588. The zero-order chi connectivity index (χ0) is 17.7. The second-order valence-corrected chi connectivity index (χ2v) is 6.61. The molecule has 1 aromatic rings. The van der Waals surface area contributed by atoms with Crippen LogP contribution in [-0.4, -0.2) is 41.2 Å². The number of aliphatic hydroxyl groups excluding tert-OH is 1. The molecule has 2 rings (SSSR count). The van der Waals surface area contributed by atoms with Gasteiger partial charge in [-0.05, 0) is 31.2 Å². The number of nitro groups is 1. The number of hydrogen-bond donors (Lipinski definition) is 2. The Labute approximate surface area is 141 Å². The van der Waals surface area contributed by atoms with Gasteiger partial charge >= 0.3 is 0 Å². The van der Waals surface area contributed by atoms with Crippen molar-refractivity contribution >= 4 is 17.3 Å². The van der Waals surface area contributed by atoms with Crippen LogP contribution in [0.2, 0.25) is 0 Å². The third-order valence-corrected chi connectivity index (χ3v) is 4.27. The summed E-state index contributed by atoms with van der Waals surface area (Å²) in [6.45, 7) is 4.56. The third-order valence-electron chi connectivity index (χ3n) is 4.27. The summed E-state index contributed by atoms with van der Waals surface area (Å²) in [5.74, 6) is 0.183. The van der Waals surface area contributed by atoms with Gasteiger partial charge in [0.05, 0.1) is 17.6 Å². The van der Waals surface area contributed by atoms with Gasteiger partial charge in [-0.25, -0.2) is 0 Å². The van der Waals surface area contributed by atoms with Gasteiger partial charge in [-0.3, -0.25) is 14.9 Å². The predicted molar refractivity (Wildman–Crippen MR) is 91.9 cm³/mol. The maximum Gasteiger partial charge on any atom is 0.292 e. The molecule has 0 spiro atoms. The molecule has 132 valence electrons. The SMILES string of the molecule is CC(C)C[C@@H](CO)NC(=O)[C@@H]1CCCN1c1ccccc1[N+](=O)[O-]. The van der Waals surface area contributed by atoms with E-state index in [0.29, 0.717) is 31.0 Å². The Balaban J connectivity index is 2.16. The number of anilines is 1. The molecular weight excluding hydrogens is 310 g/mol. The second kappa shape index (κ2) is 8.10. The van der Waals surface area contributed by atoms with Crippen LogP contribution in [0, 0.1) is 16.0 Å². The molecule has 24 heavy (non-hydrogen) atoms.